The molecule has 1 amide bonds. The molecule has 1 atom stereocenters. The third kappa shape index (κ3) is 4.13. The van der Waals surface area contributed by atoms with Gasteiger partial charge in [0.25, 0.3) is 5.91 Å². The first-order valence-electron chi connectivity index (χ1n) is 10.9. The molecule has 33 heavy (non-hydrogen) atoms. The smallest absolute Gasteiger partial charge is 0.337 e. The zero-order valence-corrected chi connectivity index (χ0v) is 18.9. The van der Waals surface area contributed by atoms with Crippen molar-refractivity contribution >= 4 is 29.2 Å². The lowest BCUT2D eigenvalue weighted by Crippen LogP contribution is -2.83. The maximum Gasteiger partial charge on any atom is 0.337 e. The van der Waals surface area contributed by atoms with E-state index in [1.165, 1.54) is 19.2 Å². The number of carbonyl (C=O) groups is 2. The Balaban J connectivity index is 1.15. The van der Waals surface area contributed by atoms with Crippen molar-refractivity contribution in [3.05, 3.63) is 58.4 Å². The molecule has 3 fully saturated rings. The monoisotopic (exact) mass is 473 g/mol. The number of esters is 1. The summed E-state index contributed by atoms with van der Waals surface area (Å²) in [4.78, 5) is 24.3. The van der Waals surface area contributed by atoms with Crippen molar-refractivity contribution < 1.29 is 23.5 Å². The quantitative estimate of drug-likeness (QED) is 0.533. The third-order valence-electron chi connectivity index (χ3n) is 6.77. The summed E-state index contributed by atoms with van der Waals surface area (Å²) in [5.41, 5.74) is 2.41. The van der Waals surface area contributed by atoms with Crippen LogP contribution in [-0.2, 0) is 9.53 Å². The fraction of sp³-hybridized carbons (Fsp3) is 0.417. The van der Waals surface area contributed by atoms with Crippen LogP contribution in [0.1, 0.15) is 47.6 Å². The number of methoxy groups -OCH3 is 1. The van der Waals surface area contributed by atoms with Gasteiger partial charge in [-0.25, -0.2) is 9.18 Å². The van der Waals surface area contributed by atoms with Gasteiger partial charge < -0.3 is 25.4 Å². The molecule has 7 nitrogen and oxygen atoms in total. The van der Waals surface area contributed by atoms with Crippen molar-refractivity contribution in [1.82, 2.24) is 10.6 Å². The Morgan fingerprint density at radius 1 is 1.18 bits per heavy atom. The highest BCUT2D eigenvalue weighted by Gasteiger charge is 2.68. The summed E-state index contributed by atoms with van der Waals surface area (Å²) in [7, 11) is 1.38. The number of benzene rings is 2. The molecule has 1 aliphatic heterocycles. The molecule has 3 aliphatic carbocycles. The number of hydrogen-bond donors (Lipinski definition) is 3. The van der Waals surface area contributed by atoms with Crippen LogP contribution in [0.4, 0.5) is 10.1 Å². The minimum absolute atomic E-state index is 0.00596. The van der Waals surface area contributed by atoms with Gasteiger partial charge in [-0.05, 0) is 61.6 Å². The van der Waals surface area contributed by atoms with E-state index < -0.39 is 5.82 Å². The maximum atomic E-state index is 13.5. The predicted octanol–water partition coefficient (Wildman–Crippen LogP) is 3.58. The normalized spacial score (nSPS) is 26.7. The Kier molecular flexibility index (Phi) is 5.45. The van der Waals surface area contributed by atoms with Crippen LogP contribution in [-0.4, -0.2) is 43.2 Å². The van der Waals surface area contributed by atoms with Gasteiger partial charge >= 0.3 is 5.97 Å². The second kappa shape index (κ2) is 8.18. The Morgan fingerprint density at radius 2 is 1.97 bits per heavy atom. The van der Waals surface area contributed by atoms with Crippen LogP contribution in [0, 0.1) is 5.82 Å². The number of carbonyl (C=O) groups excluding carboxylic acids is 2. The van der Waals surface area contributed by atoms with Gasteiger partial charge in [0.1, 0.15) is 11.6 Å². The minimum atomic E-state index is -0.583. The third-order valence-corrected chi connectivity index (χ3v) is 7.08. The molecule has 6 rings (SSSR count). The van der Waals surface area contributed by atoms with Gasteiger partial charge in [0.05, 0.1) is 17.7 Å². The molecule has 0 aromatic heterocycles. The van der Waals surface area contributed by atoms with Crippen molar-refractivity contribution in [2.45, 2.75) is 42.8 Å². The summed E-state index contributed by atoms with van der Waals surface area (Å²) in [5, 5.41) is 10.2. The van der Waals surface area contributed by atoms with E-state index in [0.717, 1.165) is 49.5 Å². The highest BCUT2D eigenvalue weighted by atomic mass is 35.5. The summed E-state index contributed by atoms with van der Waals surface area (Å²) in [6.07, 6.45) is 3.44. The number of hydrogen-bond acceptors (Lipinski definition) is 6. The average molecular weight is 474 g/mol. The fourth-order valence-electron chi connectivity index (χ4n) is 5.40. The van der Waals surface area contributed by atoms with E-state index in [-0.39, 0.29) is 46.4 Å². The van der Waals surface area contributed by atoms with Gasteiger partial charge in [-0.15, -0.1) is 0 Å². The van der Waals surface area contributed by atoms with Crippen LogP contribution in [0.3, 0.4) is 0 Å². The summed E-state index contributed by atoms with van der Waals surface area (Å²) in [5.74, 6) is -0.898. The van der Waals surface area contributed by atoms with E-state index in [9.17, 15) is 14.0 Å². The van der Waals surface area contributed by atoms with Crippen LogP contribution in [0.5, 0.6) is 5.75 Å². The number of halogens is 2. The molecule has 0 radical (unpaired) electrons. The molecule has 174 valence electrons. The molecule has 9 heteroatoms. The number of rotatable bonds is 7. The highest BCUT2D eigenvalue weighted by molar-refractivity contribution is 6.30. The summed E-state index contributed by atoms with van der Waals surface area (Å²) >= 11 is 5.66. The van der Waals surface area contributed by atoms with E-state index in [0.29, 0.717) is 5.56 Å². The van der Waals surface area contributed by atoms with Crippen molar-refractivity contribution in [3.63, 3.8) is 0 Å². The summed E-state index contributed by atoms with van der Waals surface area (Å²) in [6, 6.07) is 9.80. The molecule has 2 aromatic carbocycles. The topological polar surface area (TPSA) is 88.7 Å². The van der Waals surface area contributed by atoms with E-state index in [2.05, 4.69) is 16.0 Å². The standard InChI is InChI=1S/C24H25ClFN3O4/c1-32-22(31)14-2-5-19-16(8-14)20(6-7-27-19)28-23-11-24(12-23,13-23)29-21(30)10-33-15-3-4-17(25)18(26)9-15/h2-5,8-9,20,27-28H,6-7,10-13H2,1H3,(H,29,30). The van der Waals surface area contributed by atoms with E-state index in [1.54, 1.807) is 6.07 Å². The first-order chi connectivity index (χ1) is 15.8. The number of anilines is 1. The average Bonchev–Trinajstić information content (AvgIpc) is 2.77. The number of nitrogens with one attached hydrogen (secondary N) is 3. The zero-order chi connectivity index (χ0) is 23.2. The predicted molar refractivity (Wildman–Crippen MR) is 121 cm³/mol. The SMILES string of the molecule is COC(=O)c1ccc2c(c1)C(NC13CC(NC(=O)COc4ccc(Cl)c(F)c4)(C1)C3)CCN2. The van der Waals surface area contributed by atoms with Gasteiger partial charge in [0.15, 0.2) is 6.61 Å². The number of amides is 1. The van der Waals surface area contributed by atoms with Crippen LogP contribution >= 0.6 is 11.6 Å². The lowest BCUT2D eigenvalue weighted by atomic mass is 9.44. The van der Waals surface area contributed by atoms with Gasteiger partial charge in [-0.3, -0.25) is 4.79 Å². The Bertz CT molecular complexity index is 1110. The Morgan fingerprint density at radius 3 is 2.70 bits per heavy atom. The van der Waals surface area contributed by atoms with Gasteiger partial charge in [-0.2, -0.15) is 0 Å². The molecule has 1 heterocycles. The van der Waals surface area contributed by atoms with Crippen LogP contribution < -0.4 is 20.7 Å². The zero-order valence-electron chi connectivity index (χ0n) is 18.2. The van der Waals surface area contributed by atoms with E-state index >= 15 is 0 Å². The van der Waals surface area contributed by atoms with Crippen molar-refractivity contribution in [2.75, 3.05) is 25.6 Å². The van der Waals surface area contributed by atoms with Crippen LogP contribution in [0.2, 0.25) is 5.02 Å². The molecule has 4 aliphatic rings. The summed E-state index contributed by atoms with van der Waals surface area (Å²) in [6.45, 7) is 0.671. The molecule has 1 unspecified atom stereocenters. The first kappa shape index (κ1) is 22.0. The molecule has 0 saturated heterocycles. The molecule has 3 saturated carbocycles. The van der Waals surface area contributed by atoms with Gasteiger partial charge in [0.2, 0.25) is 0 Å². The van der Waals surface area contributed by atoms with Crippen LogP contribution in [0.15, 0.2) is 36.4 Å². The second-order valence-corrected chi connectivity index (χ2v) is 9.62. The van der Waals surface area contributed by atoms with Gasteiger partial charge in [0, 0.05) is 35.4 Å². The molecule has 2 bridgehead atoms. The highest BCUT2D eigenvalue weighted by Crippen LogP contribution is 2.61. The number of ether oxygens (including phenoxy) is 2. The Hall–Kier alpha value is -2.84. The molecule has 0 spiro atoms. The minimum Gasteiger partial charge on any atom is -0.484 e. The number of fused-ring (bicyclic) bond motifs is 1. The largest absolute Gasteiger partial charge is 0.484 e. The molecular weight excluding hydrogens is 449 g/mol. The van der Waals surface area contributed by atoms with E-state index in [4.69, 9.17) is 21.1 Å². The van der Waals surface area contributed by atoms with Crippen molar-refractivity contribution in [3.8, 4) is 5.75 Å². The molecular formula is C24H25ClFN3O4. The molecule has 2 aromatic rings. The van der Waals surface area contributed by atoms with Crippen LogP contribution in [0.25, 0.3) is 0 Å². The van der Waals surface area contributed by atoms with Gasteiger partial charge in [-0.1, -0.05) is 11.6 Å². The second-order valence-electron chi connectivity index (χ2n) is 9.21. The Labute approximate surface area is 196 Å². The van der Waals surface area contributed by atoms with Crippen molar-refractivity contribution in [2.24, 2.45) is 0 Å². The van der Waals surface area contributed by atoms with E-state index in [1.807, 2.05) is 12.1 Å². The lowest BCUT2D eigenvalue weighted by molar-refractivity contribution is -0.145. The fourth-order valence-corrected chi connectivity index (χ4v) is 5.52. The van der Waals surface area contributed by atoms with Crippen molar-refractivity contribution in [1.29, 1.82) is 0 Å². The maximum absolute atomic E-state index is 13.5. The molecule has 3 N–H and O–H groups in total. The lowest BCUT2D eigenvalue weighted by Gasteiger charge is -2.71. The summed E-state index contributed by atoms with van der Waals surface area (Å²) < 4.78 is 23.8. The first-order valence-corrected chi connectivity index (χ1v) is 11.3.